The van der Waals surface area contributed by atoms with Gasteiger partial charge in [0.25, 0.3) is 0 Å². The van der Waals surface area contributed by atoms with Gasteiger partial charge in [-0.1, -0.05) is 25.5 Å². The van der Waals surface area contributed by atoms with Crippen LogP contribution in [-0.4, -0.2) is 57.1 Å². The Morgan fingerprint density at radius 3 is 2.61 bits per heavy atom. The molecule has 3 N–H and O–H groups in total. The highest BCUT2D eigenvalue weighted by Gasteiger charge is 2.68. The Balaban J connectivity index is 1.53. The Bertz CT molecular complexity index is 950. The van der Waals surface area contributed by atoms with Crippen molar-refractivity contribution in [3.63, 3.8) is 0 Å². The lowest BCUT2D eigenvalue weighted by atomic mass is 9.46. The zero-order valence-corrected chi connectivity index (χ0v) is 19.1. The van der Waals surface area contributed by atoms with Crippen LogP contribution < -0.4 is 0 Å². The molecule has 7 atom stereocenters. The van der Waals surface area contributed by atoms with Crippen LogP contribution in [0.25, 0.3) is 0 Å². The molecule has 4 rings (SSSR count). The minimum atomic E-state index is -1.73. The number of ketones is 2. The highest BCUT2D eigenvalue weighted by atomic mass is 16.5. The summed E-state index contributed by atoms with van der Waals surface area (Å²) < 4.78 is 4.96. The van der Waals surface area contributed by atoms with Crippen LogP contribution in [0.4, 0.5) is 0 Å². The van der Waals surface area contributed by atoms with Crippen molar-refractivity contribution in [2.45, 2.75) is 70.5 Å². The van der Waals surface area contributed by atoms with Crippen LogP contribution in [0.15, 0.2) is 23.8 Å². The van der Waals surface area contributed by atoms with Crippen molar-refractivity contribution >= 4 is 23.5 Å². The molecule has 3 unspecified atom stereocenters. The second-order valence-electron chi connectivity index (χ2n) is 10.6. The molecular weight excluding hydrogens is 428 g/mol. The standard InChI is InChI=1S/C25H32O8/c1-23-9-7-15(26)11-14(23)3-4-16-17-8-10-25(32,24(17,2)12-18(27)22(16)23)19(28)13-33-21(31)6-5-20(29)30/h7,9,11,16-18,22,27,32H,3-6,8,10,12-13H2,1-2H3,(H,29,30)/t16-,17?,18?,22?,23-,24-,25-/m0/s1. The first kappa shape index (κ1) is 23.8. The van der Waals surface area contributed by atoms with E-state index in [4.69, 9.17) is 9.84 Å². The van der Waals surface area contributed by atoms with E-state index in [0.717, 1.165) is 18.4 Å². The van der Waals surface area contributed by atoms with Crippen molar-refractivity contribution in [3.05, 3.63) is 23.8 Å². The second-order valence-corrected chi connectivity index (χ2v) is 10.6. The molecule has 0 bridgehead atoms. The second kappa shape index (κ2) is 8.17. The van der Waals surface area contributed by atoms with Gasteiger partial charge in [-0.3, -0.25) is 19.2 Å². The first-order chi connectivity index (χ1) is 15.4. The number of allylic oxidation sites excluding steroid dienone is 4. The molecule has 0 aromatic carbocycles. The van der Waals surface area contributed by atoms with Crippen molar-refractivity contribution in [1.29, 1.82) is 0 Å². The molecular formula is C25H32O8. The average Bonchev–Trinajstić information content (AvgIpc) is 3.02. The molecule has 0 amide bonds. The Morgan fingerprint density at radius 2 is 1.91 bits per heavy atom. The number of aliphatic hydroxyl groups excluding tert-OH is 1. The van der Waals surface area contributed by atoms with Crippen molar-refractivity contribution in [2.24, 2.45) is 28.6 Å². The third-order valence-electron chi connectivity index (χ3n) is 9.02. The van der Waals surface area contributed by atoms with Gasteiger partial charge in [0.05, 0.1) is 18.9 Å². The van der Waals surface area contributed by atoms with Gasteiger partial charge >= 0.3 is 11.9 Å². The zero-order valence-electron chi connectivity index (χ0n) is 19.1. The molecule has 0 heterocycles. The number of carboxylic acids is 1. The summed E-state index contributed by atoms with van der Waals surface area (Å²) in [5.74, 6) is -2.58. The SMILES string of the molecule is C[C@]12C=CC(=O)C=C1CC[C@@H]1C2C(O)C[C@@]2(C)C1CC[C@]2(O)C(=O)COC(=O)CCC(=O)O. The summed E-state index contributed by atoms with van der Waals surface area (Å²) in [7, 11) is 0. The smallest absolute Gasteiger partial charge is 0.306 e. The fourth-order valence-electron chi connectivity index (χ4n) is 7.34. The summed E-state index contributed by atoms with van der Waals surface area (Å²) in [5.41, 5.74) is -1.99. The highest BCUT2D eigenvalue weighted by Crippen LogP contribution is 2.67. The van der Waals surface area contributed by atoms with E-state index in [0.29, 0.717) is 6.42 Å². The summed E-state index contributed by atoms with van der Waals surface area (Å²) in [6.07, 6.45) is 6.27. The molecule has 3 saturated carbocycles. The predicted octanol–water partition coefficient (Wildman–Crippen LogP) is 1.97. The third kappa shape index (κ3) is 3.67. The molecule has 8 nitrogen and oxygen atoms in total. The topological polar surface area (TPSA) is 138 Å². The number of fused-ring (bicyclic) bond motifs is 5. The maximum Gasteiger partial charge on any atom is 0.306 e. The zero-order chi connectivity index (χ0) is 24.2. The van der Waals surface area contributed by atoms with E-state index in [2.05, 4.69) is 6.92 Å². The summed E-state index contributed by atoms with van der Waals surface area (Å²) in [6.45, 7) is 3.30. The molecule has 0 aromatic heterocycles. The number of hydrogen-bond acceptors (Lipinski definition) is 7. The summed E-state index contributed by atoms with van der Waals surface area (Å²) in [4.78, 5) is 47.4. The van der Waals surface area contributed by atoms with Crippen LogP contribution in [0.3, 0.4) is 0 Å². The molecule has 33 heavy (non-hydrogen) atoms. The Morgan fingerprint density at radius 1 is 1.18 bits per heavy atom. The van der Waals surface area contributed by atoms with Gasteiger partial charge in [0.1, 0.15) is 5.60 Å². The van der Waals surface area contributed by atoms with Crippen molar-refractivity contribution in [3.8, 4) is 0 Å². The van der Waals surface area contributed by atoms with Crippen LogP contribution in [0.5, 0.6) is 0 Å². The number of aliphatic hydroxyl groups is 2. The monoisotopic (exact) mass is 460 g/mol. The number of ether oxygens (including phenoxy) is 1. The maximum absolute atomic E-state index is 13.1. The maximum atomic E-state index is 13.1. The number of carbonyl (C=O) groups is 4. The number of hydrogen-bond donors (Lipinski definition) is 3. The summed E-state index contributed by atoms with van der Waals surface area (Å²) in [5, 5.41) is 31.6. The van der Waals surface area contributed by atoms with Crippen LogP contribution in [0, 0.1) is 28.6 Å². The number of rotatable bonds is 6. The highest BCUT2D eigenvalue weighted by molar-refractivity contribution is 6.01. The van der Waals surface area contributed by atoms with Crippen molar-refractivity contribution < 1.29 is 39.2 Å². The van der Waals surface area contributed by atoms with Gasteiger partial charge in [-0.2, -0.15) is 0 Å². The van der Waals surface area contributed by atoms with E-state index in [-0.39, 0.29) is 49.2 Å². The first-order valence-corrected chi connectivity index (χ1v) is 11.7. The number of Topliss-reactive ketones (excluding diaryl/α,β-unsaturated/α-hetero) is 1. The quantitative estimate of drug-likeness (QED) is 0.512. The Kier molecular flexibility index (Phi) is 5.90. The first-order valence-electron chi connectivity index (χ1n) is 11.7. The van der Waals surface area contributed by atoms with E-state index in [1.165, 1.54) is 0 Å². The Labute approximate surface area is 192 Å². The molecule has 0 spiro atoms. The molecule has 180 valence electrons. The molecule has 0 aromatic rings. The van der Waals surface area contributed by atoms with E-state index < -0.39 is 46.9 Å². The normalized spacial score (nSPS) is 41.5. The average molecular weight is 461 g/mol. The molecule has 0 saturated heterocycles. The summed E-state index contributed by atoms with van der Waals surface area (Å²) >= 11 is 0. The number of esters is 1. The lowest BCUT2D eigenvalue weighted by Crippen LogP contribution is -2.61. The van der Waals surface area contributed by atoms with Gasteiger partial charge in [0, 0.05) is 16.7 Å². The predicted molar refractivity (Wildman–Crippen MR) is 116 cm³/mol. The van der Waals surface area contributed by atoms with Crippen LogP contribution in [-0.2, 0) is 23.9 Å². The number of aliphatic carboxylic acids is 1. The molecule has 0 radical (unpaired) electrons. The molecule has 8 heteroatoms. The van der Waals surface area contributed by atoms with Crippen LogP contribution in [0.1, 0.15) is 58.8 Å². The van der Waals surface area contributed by atoms with Gasteiger partial charge < -0.3 is 20.1 Å². The molecule has 4 aliphatic carbocycles. The van der Waals surface area contributed by atoms with Gasteiger partial charge in [0.15, 0.2) is 12.4 Å². The lowest BCUT2D eigenvalue weighted by Gasteiger charge is -2.59. The van der Waals surface area contributed by atoms with Crippen LogP contribution in [0.2, 0.25) is 0 Å². The minimum absolute atomic E-state index is 0.00645. The van der Waals surface area contributed by atoms with Gasteiger partial charge in [-0.05, 0) is 56.1 Å². The van der Waals surface area contributed by atoms with Crippen molar-refractivity contribution in [1.82, 2.24) is 0 Å². The van der Waals surface area contributed by atoms with Crippen molar-refractivity contribution in [2.75, 3.05) is 6.61 Å². The Hall–Kier alpha value is -2.32. The van der Waals surface area contributed by atoms with E-state index in [9.17, 15) is 29.4 Å². The largest absolute Gasteiger partial charge is 0.481 e. The van der Waals surface area contributed by atoms with Gasteiger partial charge in [0.2, 0.25) is 5.78 Å². The molecule has 4 aliphatic rings. The fourth-order valence-corrected chi connectivity index (χ4v) is 7.34. The van der Waals surface area contributed by atoms with E-state index in [1.807, 2.05) is 13.0 Å². The summed E-state index contributed by atoms with van der Waals surface area (Å²) in [6, 6.07) is 0. The van der Waals surface area contributed by atoms with Crippen LogP contribution >= 0.6 is 0 Å². The minimum Gasteiger partial charge on any atom is -0.481 e. The molecule has 0 aliphatic heterocycles. The fraction of sp³-hybridized carbons (Fsp3) is 0.680. The number of carboxylic acid groups (broad SMARTS) is 1. The van der Waals surface area contributed by atoms with Gasteiger partial charge in [-0.25, -0.2) is 0 Å². The number of carbonyl (C=O) groups excluding carboxylic acids is 3. The molecule has 3 fully saturated rings. The van der Waals surface area contributed by atoms with E-state index in [1.54, 1.807) is 12.2 Å². The van der Waals surface area contributed by atoms with E-state index >= 15 is 0 Å². The lowest BCUT2D eigenvalue weighted by molar-refractivity contribution is -0.181. The third-order valence-corrected chi connectivity index (χ3v) is 9.02. The van der Waals surface area contributed by atoms with Gasteiger partial charge in [-0.15, -0.1) is 0 Å².